The van der Waals surface area contributed by atoms with E-state index in [4.69, 9.17) is 15.2 Å². The molecule has 1 aromatic rings. The Morgan fingerprint density at radius 1 is 1.04 bits per heavy atom. The van der Waals surface area contributed by atoms with Gasteiger partial charge in [0.25, 0.3) is 0 Å². The number of hydrogen-bond acceptors (Lipinski definition) is 5. The number of ether oxygens (including phenoxy) is 2. The van der Waals surface area contributed by atoms with Crippen LogP contribution in [-0.2, 0) is 16.0 Å². The van der Waals surface area contributed by atoms with Crippen LogP contribution in [0.25, 0.3) is 0 Å². The number of nitrogens with two attached hydrogens (primary N) is 1. The Morgan fingerprint density at radius 2 is 1.70 bits per heavy atom. The fraction of sp³-hybridized carbons (Fsp3) is 0.632. The van der Waals surface area contributed by atoms with Gasteiger partial charge >= 0.3 is 0 Å². The summed E-state index contributed by atoms with van der Waals surface area (Å²) in [6.45, 7) is 9.68. The topological polar surface area (TPSA) is 75.3 Å². The number of aliphatic imine (C=N–C) groups is 1. The van der Waals surface area contributed by atoms with Crippen LogP contribution in [0.5, 0.6) is 0 Å². The molecule has 0 amide bonds. The van der Waals surface area contributed by atoms with Gasteiger partial charge in [-0.05, 0) is 24.6 Å². The molecule has 1 aromatic carbocycles. The Labute approximate surface area is 179 Å². The van der Waals surface area contributed by atoms with Crippen LogP contribution in [-0.4, -0.2) is 76.6 Å². The SMILES string of the molecule is I.NC(=NCc1ccccc1N1CCOCC1)NCCCN1CCOCC1. The highest BCUT2D eigenvalue weighted by Crippen LogP contribution is 2.22. The van der Waals surface area contributed by atoms with Crippen molar-refractivity contribution in [2.45, 2.75) is 13.0 Å². The third-order valence-electron chi connectivity index (χ3n) is 4.82. The normalized spacial score (nSPS) is 18.8. The molecule has 0 atom stereocenters. The molecule has 0 spiro atoms. The predicted octanol–water partition coefficient (Wildman–Crippen LogP) is 1.27. The summed E-state index contributed by atoms with van der Waals surface area (Å²) < 4.78 is 10.8. The summed E-state index contributed by atoms with van der Waals surface area (Å²) in [5, 5.41) is 3.23. The first-order chi connectivity index (χ1) is 12.8. The maximum absolute atomic E-state index is 6.04. The summed E-state index contributed by atoms with van der Waals surface area (Å²) in [4.78, 5) is 9.32. The van der Waals surface area contributed by atoms with Crippen molar-refractivity contribution in [2.75, 3.05) is 70.6 Å². The summed E-state index contributed by atoms with van der Waals surface area (Å²) in [6.07, 6.45) is 1.06. The second-order valence-electron chi connectivity index (χ2n) is 6.66. The molecule has 3 rings (SSSR count). The fourth-order valence-corrected chi connectivity index (χ4v) is 3.33. The van der Waals surface area contributed by atoms with E-state index in [0.717, 1.165) is 72.1 Å². The highest BCUT2D eigenvalue weighted by Gasteiger charge is 2.14. The maximum atomic E-state index is 6.04. The summed E-state index contributed by atoms with van der Waals surface area (Å²) >= 11 is 0. The molecular formula is C19H32IN5O2. The Bertz CT molecular complexity index is 575. The van der Waals surface area contributed by atoms with Gasteiger partial charge in [0, 0.05) is 38.4 Å². The average molecular weight is 489 g/mol. The molecule has 7 nitrogen and oxygen atoms in total. The number of rotatable bonds is 7. The first-order valence-electron chi connectivity index (χ1n) is 9.57. The van der Waals surface area contributed by atoms with E-state index in [1.165, 1.54) is 11.3 Å². The molecule has 152 valence electrons. The summed E-state index contributed by atoms with van der Waals surface area (Å²) in [6, 6.07) is 8.41. The van der Waals surface area contributed by atoms with Gasteiger partial charge < -0.3 is 25.4 Å². The van der Waals surface area contributed by atoms with Crippen LogP contribution in [0.2, 0.25) is 0 Å². The second-order valence-corrected chi connectivity index (χ2v) is 6.66. The van der Waals surface area contributed by atoms with Gasteiger partial charge in [-0.1, -0.05) is 18.2 Å². The van der Waals surface area contributed by atoms with Crippen molar-refractivity contribution in [3.63, 3.8) is 0 Å². The molecule has 3 N–H and O–H groups in total. The number of para-hydroxylation sites is 1. The maximum Gasteiger partial charge on any atom is 0.188 e. The van der Waals surface area contributed by atoms with Crippen LogP contribution >= 0.6 is 24.0 Å². The van der Waals surface area contributed by atoms with Crippen molar-refractivity contribution in [3.05, 3.63) is 29.8 Å². The minimum absolute atomic E-state index is 0. The van der Waals surface area contributed by atoms with E-state index >= 15 is 0 Å². The van der Waals surface area contributed by atoms with E-state index in [9.17, 15) is 0 Å². The number of morpholine rings is 2. The summed E-state index contributed by atoms with van der Waals surface area (Å²) in [5.41, 5.74) is 8.48. The van der Waals surface area contributed by atoms with Crippen LogP contribution in [0.4, 0.5) is 5.69 Å². The summed E-state index contributed by atoms with van der Waals surface area (Å²) in [5.74, 6) is 0.517. The molecule has 8 heteroatoms. The van der Waals surface area contributed by atoms with Gasteiger partial charge in [0.05, 0.1) is 33.0 Å². The zero-order valence-electron chi connectivity index (χ0n) is 15.9. The average Bonchev–Trinajstić information content (AvgIpc) is 2.71. The van der Waals surface area contributed by atoms with Crippen LogP contribution in [0.15, 0.2) is 29.3 Å². The van der Waals surface area contributed by atoms with E-state index in [2.05, 4.69) is 44.4 Å². The lowest BCUT2D eigenvalue weighted by atomic mass is 10.1. The molecule has 0 aromatic heterocycles. The molecule has 2 aliphatic rings. The van der Waals surface area contributed by atoms with Crippen molar-refractivity contribution in [1.29, 1.82) is 0 Å². The first-order valence-corrected chi connectivity index (χ1v) is 9.57. The second kappa shape index (κ2) is 12.4. The number of halogens is 1. The van der Waals surface area contributed by atoms with Crippen molar-refractivity contribution < 1.29 is 9.47 Å². The van der Waals surface area contributed by atoms with Crippen molar-refractivity contribution in [1.82, 2.24) is 10.2 Å². The van der Waals surface area contributed by atoms with Crippen LogP contribution in [0.3, 0.4) is 0 Å². The zero-order valence-corrected chi connectivity index (χ0v) is 18.3. The standard InChI is InChI=1S/C19H31N5O2.HI/c20-19(21-6-3-7-23-8-12-25-13-9-23)22-16-17-4-1-2-5-18(17)24-10-14-26-15-11-24;/h1-2,4-5H,3,6-16H2,(H3,20,21,22);1H. The minimum Gasteiger partial charge on any atom is -0.379 e. The van der Waals surface area contributed by atoms with Gasteiger partial charge in [-0.3, -0.25) is 4.90 Å². The molecule has 2 heterocycles. The third-order valence-corrected chi connectivity index (χ3v) is 4.82. The van der Waals surface area contributed by atoms with Gasteiger partial charge in [0.1, 0.15) is 0 Å². The van der Waals surface area contributed by atoms with Crippen LogP contribution in [0, 0.1) is 0 Å². The molecule has 2 fully saturated rings. The van der Waals surface area contributed by atoms with E-state index in [1.54, 1.807) is 0 Å². The molecule has 0 saturated carbocycles. The highest BCUT2D eigenvalue weighted by molar-refractivity contribution is 14.0. The van der Waals surface area contributed by atoms with Gasteiger partial charge in [0.2, 0.25) is 0 Å². The largest absolute Gasteiger partial charge is 0.379 e. The number of benzene rings is 1. The van der Waals surface area contributed by atoms with Gasteiger partial charge in [-0.2, -0.15) is 0 Å². The Hall–Kier alpha value is -1.10. The van der Waals surface area contributed by atoms with Crippen molar-refractivity contribution in [2.24, 2.45) is 10.7 Å². The van der Waals surface area contributed by atoms with E-state index in [0.29, 0.717) is 12.5 Å². The van der Waals surface area contributed by atoms with Gasteiger partial charge in [-0.25, -0.2) is 4.99 Å². The quantitative estimate of drug-likeness (QED) is 0.260. The molecule has 2 aliphatic heterocycles. The number of hydrogen-bond donors (Lipinski definition) is 2. The van der Waals surface area contributed by atoms with Crippen molar-refractivity contribution >= 4 is 35.6 Å². The molecular weight excluding hydrogens is 457 g/mol. The van der Waals surface area contributed by atoms with E-state index in [1.807, 2.05) is 0 Å². The van der Waals surface area contributed by atoms with E-state index < -0.39 is 0 Å². The molecule has 0 unspecified atom stereocenters. The predicted molar refractivity (Wildman–Crippen MR) is 120 cm³/mol. The number of guanidine groups is 1. The molecule has 0 radical (unpaired) electrons. The number of anilines is 1. The van der Waals surface area contributed by atoms with Crippen LogP contribution < -0.4 is 16.0 Å². The fourth-order valence-electron chi connectivity index (χ4n) is 3.33. The third kappa shape index (κ3) is 7.44. The number of nitrogens with zero attached hydrogens (tertiary/aromatic N) is 3. The Balaban J connectivity index is 0.00000261. The lowest BCUT2D eigenvalue weighted by molar-refractivity contribution is 0.0376. The molecule has 27 heavy (non-hydrogen) atoms. The lowest BCUT2D eigenvalue weighted by Gasteiger charge is -2.30. The smallest absolute Gasteiger partial charge is 0.188 e. The monoisotopic (exact) mass is 489 g/mol. The first kappa shape index (κ1) is 22.2. The van der Waals surface area contributed by atoms with Crippen LogP contribution in [0.1, 0.15) is 12.0 Å². The lowest BCUT2D eigenvalue weighted by Crippen LogP contribution is -2.39. The van der Waals surface area contributed by atoms with Crippen molar-refractivity contribution in [3.8, 4) is 0 Å². The van der Waals surface area contributed by atoms with Gasteiger partial charge in [-0.15, -0.1) is 24.0 Å². The highest BCUT2D eigenvalue weighted by atomic mass is 127. The minimum atomic E-state index is 0. The summed E-state index contributed by atoms with van der Waals surface area (Å²) in [7, 11) is 0. The number of nitrogens with one attached hydrogen (secondary N) is 1. The molecule has 2 saturated heterocycles. The Morgan fingerprint density at radius 3 is 2.44 bits per heavy atom. The Kier molecular flexibility index (Phi) is 10.2. The molecule has 0 aliphatic carbocycles. The van der Waals surface area contributed by atoms with Gasteiger partial charge in [0.15, 0.2) is 5.96 Å². The van der Waals surface area contributed by atoms with E-state index in [-0.39, 0.29) is 24.0 Å². The molecule has 0 bridgehead atoms. The zero-order chi connectivity index (χ0) is 18.0.